The molecule has 13 heavy (non-hydrogen) atoms. The molecule has 1 unspecified atom stereocenters. The van der Waals surface area contributed by atoms with Gasteiger partial charge in [0.15, 0.2) is 0 Å². The number of aryl methyl sites for hydroxylation is 2. The van der Waals surface area contributed by atoms with E-state index in [-0.39, 0.29) is 0 Å². The van der Waals surface area contributed by atoms with Gasteiger partial charge in [0, 0.05) is 11.5 Å². The Morgan fingerprint density at radius 3 is 2.46 bits per heavy atom. The molecule has 0 amide bonds. The molecule has 72 valence electrons. The van der Waals surface area contributed by atoms with Crippen LogP contribution in [0.3, 0.4) is 0 Å². The summed E-state index contributed by atoms with van der Waals surface area (Å²) in [7, 11) is -3.08. The van der Waals surface area contributed by atoms with Gasteiger partial charge in [-0.05, 0) is 25.5 Å². The highest BCUT2D eigenvalue weighted by atomic mass is 31.2. The molecule has 0 spiro atoms. The van der Waals surface area contributed by atoms with Crippen LogP contribution in [0, 0.1) is 13.8 Å². The van der Waals surface area contributed by atoms with Gasteiger partial charge < -0.3 is 4.89 Å². The number of benzene rings is 1. The minimum atomic E-state index is -3.08. The topological polar surface area (TPSA) is 37.3 Å². The Balaban J connectivity index is 3.24. The van der Waals surface area contributed by atoms with E-state index in [4.69, 9.17) is 0 Å². The van der Waals surface area contributed by atoms with Crippen molar-refractivity contribution in [3.05, 3.63) is 29.3 Å². The van der Waals surface area contributed by atoms with Crippen LogP contribution in [0.1, 0.15) is 18.1 Å². The minimum absolute atomic E-state index is 0.302. The summed E-state index contributed by atoms with van der Waals surface area (Å²) in [5.74, 6) is 0. The molecular weight excluding hydrogens is 183 g/mol. The van der Waals surface area contributed by atoms with Gasteiger partial charge in [-0.3, -0.25) is 4.57 Å². The summed E-state index contributed by atoms with van der Waals surface area (Å²) in [6.45, 7) is 5.59. The molecule has 0 aliphatic rings. The standard InChI is InChI=1S/C10H15O2P/c1-4-13(11,12)10-6-5-8(2)7-9(10)3/h5-7H,4H2,1-3H3,(H,11,12). The maximum Gasteiger partial charge on any atom is 0.229 e. The van der Waals surface area contributed by atoms with Gasteiger partial charge in [-0.15, -0.1) is 0 Å². The Labute approximate surface area is 79.1 Å². The largest absolute Gasteiger partial charge is 0.341 e. The zero-order valence-corrected chi connectivity index (χ0v) is 9.14. The first kappa shape index (κ1) is 10.5. The molecular formula is C10H15O2P. The van der Waals surface area contributed by atoms with E-state index < -0.39 is 7.37 Å². The van der Waals surface area contributed by atoms with Crippen molar-refractivity contribution in [2.45, 2.75) is 20.8 Å². The molecule has 1 aromatic carbocycles. The van der Waals surface area contributed by atoms with Crippen LogP contribution in [-0.4, -0.2) is 11.1 Å². The third kappa shape index (κ3) is 2.20. The van der Waals surface area contributed by atoms with Crippen LogP contribution >= 0.6 is 7.37 Å². The Kier molecular flexibility index (Phi) is 2.94. The molecule has 0 radical (unpaired) electrons. The molecule has 2 nitrogen and oxygen atoms in total. The van der Waals surface area contributed by atoms with Crippen LogP contribution in [0.5, 0.6) is 0 Å². The first-order valence-electron chi connectivity index (χ1n) is 4.37. The van der Waals surface area contributed by atoms with Gasteiger partial charge in [-0.2, -0.15) is 0 Å². The summed E-state index contributed by atoms with van der Waals surface area (Å²) in [6, 6.07) is 5.57. The summed E-state index contributed by atoms with van der Waals surface area (Å²) in [6.07, 6.45) is 0.302. The fourth-order valence-corrected chi connectivity index (χ4v) is 2.63. The summed E-state index contributed by atoms with van der Waals surface area (Å²) in [4.78, 5) is 9.62. The Bertz CT molecular complexity index is 358. The molecule has 1 atom stereocenters. The molecule has 0 fully saturated rings. The van der Waals surface area contributed by atoms with Crippen molar-refractivity contribution in [1.29, 1.82) is 0 Å². The molecule has 0 aliphatic carbocycles. The van der Waals surface area contributed by atoms with Crippen molar-refractivity contribution in [2.24, 2.45) is 0 Å². The van der Waals surface area contributed by atoms with E-state index >= 15 is 0 Å². The van der Waals surface area contributed by atoms with E-state index in [0.29, 0.717) is 11.5 Å². The van der Waals surface area contributed by atoms with Crippen molar-refractivity contribution in [1.82, 2.24) is 0 Å². The van der Waals surface area contributed by atoms with Gasteiger partial charge in [0.2, 0.25) is 7.37 Å². The zero-order chi connectivity index (χ0) is 10.1. The highest BCUT2D eigenvalue weighted by molar-refractivity contribution is 7.66. The molecule has 0 aromatic heterocycles. The lowest BCUT2D eigenvalue weighted by Gasteiger charge is -2.12. The summed E-state index contributed by atoms with van der Waals surface area (Å²) in [5, 5.41) is 0.598. The highest BCUT2D eigenvalue weighted by Crippen LogP contribution is 2.39. The molecule has 1 N–H and O–H groups in total. The molecule has 0 heterocycles. The van der Waals surface area contributed by atoms with E-state index in [1.165, 1.54) is 0 Å². The molecule has 0 bridgehead atoms. The molecule has 1 rings (SSSR count). The van der Waals surface area contributed by atoms with Crippen molar-refractivity contribution in [3.8, 4) is 0 Å². The molecule has 0 aliphatic heterocycles. The van der Waals surface area contributed by atoms with E-state index in [0.717, 1.165) is 11.1 Å². The van der Waals surface area contributed by atoms with E-state index in [1.807, 2.05) is 26.0 Å². The third-order valence-corrected chi connectivity index (χ3v) is 4.27. The van der Waals surface area contributed by atoms with E-state index in [9.17, 15) is 9.46 Å². The highest BCUT2D eigenvalue weighted by Gasteiger charge is 2.20. The second-order valence-corrected chi connectivity index (χ2v) is 5.83. The second-order valence-electron chi connectivity index (χ2n) is 3.31. The maximum absolute atomic E-state index is 11.7. The molecule has 0 saturated carbocycles. The second kappa shape index (κ2) is 3.65. The van der Waals surface area contributed by atoms with Crippen LogP contribution in [0.25, 0.3) is 0 Å². The van der Waals surface area contributed by atoms with Gasteiger partial charge in [0.05, 0.1) is 0 Å². The smallest absolute Gasteiger partial charge is 0.229 e. The van der Waals surface area contributed by atoms with Crippen molar-refractivity contribution in [2.75, 3.05) is 6.16 Å². The van der Waals surface area contributed by atoms with Crippen LogP contribution < -0.4 is 5.30 Å². The summed E-state index contributed by atoms with van der Waals surface area (Å²) < 4.78 is 11.7. The lowest BCUT2D eigenvalue weighted by atomic mass is 10.2. The van der Waals surface area contributed by atoms with Crippen LogP contribution in [-0.2, 0) is 4.57 Å². The van der Waals surface area contributed by atoms with Gasteiger partial charge in [0.25, 0.3) is 0 Å². The number of hydrogen-bond donors (Lipinski definition) is 1. The SMILES string of the molecule is CCP(=O)(O)c1ccc(C)cc1C. The van der Waals surface area contributed by atoms with Gasteiger partial charge in [-0.1, -0.05) is 24.6 Å². The van der Waals surface area contributed by atoms with Gasteiger partial charge in [0.1, 0.15) is 0 Å². The fraction of sp³-hybridized carbons (Fsp3) is 0.400. The quantitative estimate of drug-likeness (QED) is 0.740. The first-order chi connectivity index (χ1) is 5.97. The predicted molar refractivity (Wildman–Crippen MR) is 55.9 cm³/mol. The lowest BCUT2D eigenvalue weighted by Crippen LogP contribution is -2.09. The average molecular weight is 198 g/mol. The minimum Gasteiger partial charge on any atom is -0.341 e. The van der Waals surface area contributed by atoms with Crippen molar-refractivity contribution >= 4 is 12.7 Å². The normalized spacial score (nSPS) is 15.4. The number of hydrogen-bond acceptors (Lipinski definition) is 1. The van der Waals surface area contributed by atoms with Crippen LogP contribution in [0.2, 0.25) is 0 Å². The monoisotopic (exact) mass is 198 g/mol. The first-order valence-corrected chi connectivity index (χ1v) is 6.21. The molecule has 1 aromatic rings. The molecule has 3 heteroatoms. The Morgan fingerprint density at radius 2 is 2.00 bits per heavy atom. The van der Waals surface area contributed by atoms with Crippen LogP contribution in [0.15, 0.2) is 18.2 Å². The van der Waals surface area contributed by atoms with Crippen molar-refractivity contribution in [3.63, 3.8) is 0 Å². The molecule has 0 saturated heterocycles. The predicted octanol–water partition coefficient (Wildman–Crippen LogP) is 2.22. The van der Waals surface area contributed by atoms with Gasteiger partial charge in [-0.25, -0.2) is 0 Å². The van der Waals surface area contributed by atoms with E-state index in [1.54, 1.807) is 13.0 Å². The maximum atomic E-state index is 11.7. The van der Waals surface area contributed by atoms with Gasteiger partial charge >= 0.3 is 0 Å². The summed E-state index contributed by atoms with van der Waals surface area (Å²) >= 11 is 0. The Morgan fingerprint density at radius 1 is 1.38 bits per heavy atom. The van der Waals surface area contributed by atoms with Crippen molar-refractivity contribution < 1.29 is 9.46 Å². The third-order valence-electron chi connectivity index (χ3n) is 2.16. The fourth-order valence-electron chi connectivity index (χ4n) is 1.37. The van der Waals surface area contributed by atoms with E-state index in [2.05, 4.69) is 0 Å². The zero-order valence-electron chi connectivity index (χ0n) is 8.24. The van der Waals surface area contributed by atoms with Crippen LogP contribution in [0.4, 0.5) is 0 Å². The summed E-state index contributed by atoms with van der Waals surface area (Å²) in [5.41, 5.74) is 2.03. The Hall–Kier alpha value is -0.590. The lowest BCUT2D eigenvalue weighted by molar-refractivity contribution is 0.491. The number of rotatable bonds is 2. The average Bonchev–Trinajstić information content (AvgIpc) is 2.03.